The van der Waals surface area contributed by atoms with Crippen LogP contribution in [0, 0.1) is 29.1 Å². The monoisotopic (exact) mass is 674 g/mol. The quantitative estimate of drug-likeness (QED) is 0.216. The summed E-state index contributed by atoms with van der Waals surface area (Å²) in [5, 5.41) is 15.6. The minimum Gasteiger partial charge on any atom is -0.497 e. The summed E-state index contributed by atoms with van der Waals surface area (Å²) in [6.07, 6.45) is 5.56. The third-order valence-electron chi connectivity index (χ3n) is 10.7. The molecular formula is C39H50N2O8. The molecule has 10 heteroatoms. The average molecular weight is 675 g/mol. The summed E-state index contributed by atoms with van der Waals surface area (Å²) in [7, 11) is 1.62. The van der Waals surface area contributed by atoms with Gasteiger partial charge in [-0.3, -0.25) is 24.0 Å². The highest BCUT2D eigenvalue weighted by Crippen LogP contribution is 2.51. The van der Waals surface area contributed by atoms with Crippen molar-refractivity contribution in [1.82, 2.24) is 10.6 Å². The van der Waals surface area contributed by atoms with Crippen molar-refractivity contribution in [1.29, 1.82) is 0 Å². The van der Waals surface area contributed by atoms with Gasteiger partial charge in [0, 0.05) is 25.2 Å². The summed E-state index contributed by atoms with van der Waals surface area (Å²) >= 11 is 0. The Morgan fingerprint density at radius 2 is 1.41 bits per heavy atom. The van der Waals surface area contributed by atoms with Crippen LogP contribution in [0.2, 0.25) is 0 Å². The van der Waals surface area contributed by atoms with Crippen molar-refractivity contribution in [2.75, 3.05) is 7.11 Å². The highest BCUT2D eigenvalue weighted by Gasteiger charge is 2.54. The van der Waals surface area contributed by atoms with Crippen molar-refractivity contribution in [3.05, 3.63) is 48.5 Å². The predicted octanol–water partition coefficient (Wildman–Crippen LogP) is 5.75. The van der Waals surface area contributed by atoms with Crippen LogP contribution in [0.15, 0.2) is 48.5 Å². The molecule has 5 atom stereocenters. The first kappa shape index (κ1) is 36.1. The number of aliphatic carboxylic acids is 1. The van der Waals surface area contributed by atoms with Gasteiger partial charge in [0.2, 0.25) is 11.8 Å². The molecule has 3 aliphatic carbocycles. The fraction of sp³-hybridized carbons (Fsp3) is 0.564. The molecule has 0 aromatic heterocycles. The number of carboxylic acid groups (broad SMARTS) is 1. The summed E-state index contributed by atoms with van der Waals surface area (Å²) in [5.41, 5.74) is 0.952. The fourth-order valence-electron chi connectivity index (χ4n) is 7.67. The molecular weight excluding hydrogens is 624 g/mol. The van der Waals surface area contributed by atoms with Crippen molar-refractivity contribution >= 4 is 29.4 Å². The Labute approximate surface area is 288 Å². The zero-order valence-corrected chi connectivity index (χ0v) is 29.0. The molecule has 3 aliphatic rings. The van der Waals surface area contributed by atoms with Gasteiger partial charge in [-0.15, -0.1) is 0 Å². The van der Waals surface area contributed by atoms with E-state index in [0.29, 0.717) is 18.6 Å². The highest BCUT2D eigenvalue weighted by atomic mass is 16.5. The van der Waals surface area contributed by atoms with Crippen molar-refractivity contribution in [3.8, 4) is 22.6 Å². The number of benzene rings is 2. The lowest BCUT2D eigenvalue weighted by atomic mass is 9.79. The van der Waals surface area contributed by atoms with E-state index in [4.69, 9.17) is 9.47 Å². The van der Waals surface area contributed by atoms with E-state index in [0.717, 1.165) is 49.0 Å². The zero-order chi connectivity index (χ0) is 35.3. The topological polar surface area (TPSA) is 148 Å². The normalized spacial score (nSPS) is 22.8. The van der Waals surface area contributed by atoms with E-state index in [1.807, 2.05) is 62.4 Å². The number of carbonyl (C=O) groups excluding carboxylic acids is 4. The van der Waals surface area contributed by atoms with Crippen molar-refractivity contribution in [2.24, 2.45) is 29.1 Å². The maximum absolute atomic E-state index is 14.4. The predicted molar refractivity (Wildman–Crippen MR) is 184 cm³/mol. The van der Waals surface area contributed by atoms with Crippen molar-refractivity contribution in [3.63, 3.8) is 0 Å². The molecule has 2 aromatic carbocycles. The lowest BCUT2D eigenvalue weighted by Gasteiger charge is -2.32. The Balaban J connectivity index is 1.34. The molecule has 264 valence electrons. The van der Waals surface area contributed by atoms with E-state index >= 15 is 0 Å². The minimum atomic E-state index is -1.06. The molecule has 0 bridgehead atoms. The fourth-order valence-corrected chi connectivity index (χ4v) is 7.67. The van der Waals surface area contributed by atoms with E-state index in [9.17, 15) is 29.1 Å². The van der Waals surface area contributed by atoms with Crippen LogP contribution in [0.1, 0.15) is 85.0 Å². The van der Waals surface area contributed by atoms with Gasteiger partial charge < -0.3 is 25.2 Å². The third kappa shape index (κ3) is 8.69. The van der Waals surface area contributed by atoms with Gasteiger partial charge in [-0.25, -0.2) is 0 Å². The minimum absolute atomic E-state index is 0.0130. The number of carbonyl (C=O) groups is 5. The van der Waals surface area contributed by atoms with Crippen LogP contribution < -0.4 is 20.1 Å². The number of Topliss-reactive ketones (excluding diaryl/α,β-unsaturated/α-hetero) is 2. The largest absolute Gasteiger partial charge is 0.497 e. The number of amides is 2. The number of hydrogen-bond donors (Lipinski definition) is 3. The summed E-state index contributed by atoms with van der Waals surface area (Å²) < 4.78 is 11.6. The number of methoxy groups -OCH3 is 1. The molecule has 0 saturated heterocycles. The molecule has 2 amide bonds. The SMILES string of the molecule is COc1ccc(-c2ccc(O[C@H]3CC(C(=O)[C@@H](NC(=O)[C@@H](NC(C)=O)C4CCCCC4)C(C)C)[C@H](C(=O)CC4(C(=O)O)CC4)C3)cc2)cc1. The van der Waals surface area contributed by atoms with Crippen LogP contribution in [-0.2, 0) is 24.0 Å². The van der Waals surface area contributed by atoms with Gasteiger partial charge in [0.05, 0.1) is 18.6 Å². The number of hydrogen-bond acceptors (Lipinski definition) is 7. The second-order valence-electron chi connectivity index (χ2n) is 14.6. The summed E-state index contributed by atoms with van der Waals surface area (Å²) in [6.45, 7) is 5.09. The van der Waals surface area contributed by atoms with Crippen LogP contribution in [0.3, 0.4) is 0 Å². The van der Waals surface area contributed by atoms with Crippen LogP contribution in [0.5, 0.6) is 11.5 Å². The molecule has 5 rings (SSSR count). The standard InChI is InChI=1S/C39H50N2O8/c1-23(2)34(41-37(45)35(40-24(3)42)27-8-6-5-7-9-27)36(44)32-21-30(20-31(32)33(43)22-39(18-19-39)38(46)47)49-29-16-12-26(13-17-29)25-10-14-28(48-4)15-11-25/h10-17,23,27,30-32,34-35H,5-9,18-22H2,1-4H3,(H,40,42)(H,41,45)(H,46,47)/t30-,31-,32?,34+,35+/m1/s1. The third-order valence-corrected chi connectivity index (χ3v) is 10.7. The first-order valence-corrected chi connectivity index (χ1v) is 17.7. The maximum Gasteiger partial charge on any atom is 0.310 e. The first-order chi connectivity index (χ1) is 23.4. The Kier molecular flexibility index (Phi) is 11.5. The second-order valence-corrected chi connectivity index (χ2v) is 14.6. The zero-order valence-electron chi connectivity index (χ0n) is 29.0. The maximum atomic E-state index is 14.4. The van der Waals surface area contributed by atoms with Gasteiger partial charge in [0.25, 0.3) is 0 Å². The lowest BCUT2D eigenvalue weighted by molar-refractivity contribution is -0.146. The van der Waals surface area contributed by atoms with E-state index < -0.39 is 41.4 Å². The van der Waals surface area contributed by atoms with Gasteiger partial charge in [0.1, 0.15) is 29.4 Å². The molecule has 0 radical (unpaired) electrons. The molecule has 0 aliphatic heterocycles. The smallest absolute Gasteiger partial charge is 0.310 e. The molecule has 3 N–H and O–H groups in total. The Bertz CT molecular complexity index is 1510. The Morgan fingerprint density at radius 1 is 0.837 bits per heavy atom. The molecule has 0 spiro atoms. The van der Waals surface area contributed by atoms with E-state index in [1.165, 1.54) is 6.92 Å². The van der Waals surface area contributed by atoms with Gasteiger partial charge in [-0.05, 0) is 85.8 Å². The van der Waals surface area contributed by atoms with Crippen LogP contribution in [-0.4, -0.2) is 59.8 Å². The summed E-state index contributed by atoms with van der Waals surface area (Å²) in [5.74, 6) is -2.57. The molecule has 3 saturated carbocycles. The van der Waals surface area contributed by atoms with Gasteiger partial charge in [-0.2, -0.15) is 0 Å². The number of carboxylic acids is 1. The van der Waals surface area contributed by atoms with E-state index in [1.54, 1.807) is 7.11 Å². The highest BCUT2D eigenvalue weighted by molar-refractivity contribution is 5.98. The van der Waals surface area contributed by atoms with Crippen LogP contribution in [0.4, 0.5) is 0 Å². The number of ketones is 2. The molecule has 2 aromatic rings. The number of rotatable bonds is 15. The van der Waals surface area contributed by atoms with Crippen LogP contribution >= 0.6 is 0 Å². The molecule has 3 fully saturated rings. The van der Waals surface area contributed by atoms with Gasteiger partial charge in [0.15, 0.2) is 5.78 Å². The average Bonchev–Trinajstić information content (AvgIpc) is 3.76. The van der Waals surface area contributed by atoms with Gasteiger partial charge in [-0.1, -0.05) is 57.4 Å². The molecule has 1 unspecified atom stereocenters. The Hall–Kier alpha value is -4.21. The van der Waals surface area contributed by atoms with Crippen LogP contribution in [0.25, 0.3) is 11.1 Å². The van der Waals surface area contributed by atoms with Crippen molar-refractivity contribution < 1.29 is 38.6 Å². The summed E-state index contributed by atoms with van der Waals surface area (Å²) in [6, 6.07) is 13.7. The second kappa shape index (κ2) is 15.6. The molecule has 0 heterocycles. The summed E-state index contributed by atoms with van der Waals surface area (Å²) in [4.78, 5) is 66.0. The van der Waals surface area contributed by atoms with Crippen molar-refractivity contribution in [2.45, 2.75) is 103 Å². The molecule has 49 heavy (non-hydrogen) atoms. The number of nitrogens with one attached hydrogen (secondary N) is 2. The molecule has 10 nitrogen and oxygen atoms in total. The first-order valence-electron chi connectivity index (χ1n) is 17.7. The lowest BCUT2D eigenvalue weighted by Crippen LogP contribution is -2.56. The Morgan fingerprint density at radius 3 is 1.92 bits per heavy atom. The van der Waals surface area contributed by atoms with E-state index in [2.05, 4.69) is 10.6 Å². The van der Waals surface area contributed by atoms with Gasteiger partial charge >= 0.3 is 5.97 Å². The van der Waals surface area contributed by atoms with E-state index in [-0.39, 0.29) is 54.5 Å². The number of ether oxygens (including phenoxy) is 2.